The highest BCUT2D eigenvalue weighted by Gasteiger charge is 2.25. The number of hydrogen-bond acceptors (Lipinski definition) is 5. The molecule has 1 saturated carbocycles. The monoisotopic (exact) mass is 322 g/mol. The Bertz CT molecular complexity index is 490. The van der Waals surface area contributed by atoms with Gasteiger partial charge in [-0.05, 0) is 19.8 Å². The first-order valence-electron chi connectivity index (χ1n) is 8.39. The van der Waals surface area contributed by atoms with Gasteiger partial charge in [0.25, 0.3) is 0 Å². The van der Waals surface area contributed by atoms with Crippen LogP contribution in [0.2, 0.25) is 0 Å². The molecule has 2 fully saturated rings. The summed E-state index contributed by atoms with van der Waals surface area (Å²) in [7, 11) is 0. The van der Waals surface area contributed by atoms with E-state index in [0.717, 1.165) is 37.1 Å². The molecule has 1 aromatic heterocycles. The molecule has 0 atom stereocenters. The van der Waals surface area contributed by atoms with E-state index in [4.69, 9.17) is 0 Å². The largest absolute Gasteiger partial charge is 0.301 e. The smallest absolute Gasteiger partial charge is 0.240 e. The van der Waals surface area contributed by atoms with E-state index in [0.29, 0.717) is 11.7 Å². The molecule has 1 aliphatic heterocycles. The van der Waals surface area contributed by atoms with E-state index in [9.17, 15) is 4.79 Å². The van der Waals surface area contributed by atoms with Crippen LogP contribution in [0.4, 0.5) is 5.13 Å². The maximum Gasteiger partial charge on any atom is 0.240 e. The average molecular weight is 322 g/mol. The first-order chi connectivity index (χ1) is 10.7. The number of aromatic nitrogens is 1. The molecule has 2 aliphatic rings. The van der Waals surface area contributed by atoms with Crippen molar-refractivity contribution in [3.8, 4) is 0 Å². The van der Waals surface area contributed by atoms with E-state index >= 15 is 0 Å². The molecule has 6 heteroatoms. The van der Waals surface area contributed by atoms with E-state index in [-0.39, 0.29) is 5.91 Å². The fourth-order valence-electron chi connectivity index (χ4n) is 3.51. The number of nitrogens with one attached hydrogen (secondary N) is 1. The van der Waals surface area contributed by atoms with Gasteiger partial charge in [-0.3, -0.25) is 14.6 Å². The van der Waals surface area contributed by atoms with E-state index in [1.807, 2.05) is 6.92 Å². The Kier molecular flexibility index (Phi) is 5.44. The second-order valence-corrected chi connectivity index (χ2v) is 7.66. The van der Waals surface area contributed by atoms with Crippen LogP contribution in [0.5, 0.6) is 0 Å². The number of carbonyl (C=O) groups is 1. The van der Waals surface area contributed by atoms with Crippen molar-refractivity contribution in [1.29, 1.82) is 0 Å². The third-order valence-corrected chi connectivity index (χ3v) is 5.56. The molecule has 0 spiro atoms. The number of hydrogen-bond donors (Lipinski definition) is 1. The third-order valence-electron chi connectivity index (χ3n) is 4.73. The predicted octanol–water partition coefficient (Wildman–Crippen LogP) is 2.34. The van der Waals surface area contributed by atoms with Crippen molar-refractivity contribution in [2.24, 2.45) is 0 Å². The van der Waals surface area contributed by atoms with Gasteiger partial charge in [0.2, 0.25) is 5.91 Å². The quantitative estimate of drug-likeness (QED) is 0.924. The van der Waals surface area contributed by atoms with Crippen molar-refractivity contribution in [3.05, 3.63) is 11.1 Å². The first-order valence-corrected chi connectivity index (χ1v) is 9.21. The van der Waals surface area contributed by atoms with Crippen LogP contribution in [-0.2, 0) is 4.79 Å². The zero-order chi connectivity index (χ0) is 15.4. The summed E-state index contributed by atoms with van der Waals surface area (Å²) in [4.78, 5) is 22.3. The van der Waals surface area contributed by atoms with Crippen molar-refractivity contribution in [3.63, 3.8) is 0 Å². The summed E-state index contributed by atoms with van der Waals surface area (Å²) < 4.78 is 0. The molecule has 122 valence electrons. The number of anilines is 1. The lowest BCUT2D eigenvalue weighted by Crippen LogP contribution is -2.52. The minimum Gasteiger partial charge on any atom is -0.301 e. The lowest BCUT2D eigenvalue weighted by Gasteiger charge is -2.40. The summed E-state index contributed by atoms with van der Waals surface area (Å²) in [6, 6.07) is 0.794. The van der Waals surface area contributed by atoms with E-state index < -0.39 is 0 Å². The maximum atomic E-state index is 12.1. The fourth-order valence-corrected chi connectivity index (χ4v) is 4.19. The molecule has 1 aromatic rings. The zero-order valence-electron chi connectivity index (χ0n) is 13.4. The summed E-state index contributed by atoms with van der Waals surface area (Å²) in [5, 5.41) is 3.61. The van der Waals surface area contributed by atoms with Crippen LogP contribution in [0.3, 0.4) is 0 Å². The third kappa shape index (κ3) is 4.27. The van der Waals surface area contributed by atoms with Crippen LogP contribution in [0.25, 0.3) is 0 Å². The van der Waals surface area contributed by atoms with Gasteiger partial charge < -0.3 is 5.32 Å². The molecule has 1 N–H and O–H groups in total. The van der Waals surface area contributed by atoms with Crippen molar-refractivity contribution in [2.45, 2.75) is 45.1 Å². The zero-order valence-corrected chi connectivity index (χ0v) is 14.2. The standard InChI is InChI=1S/C16H26N4OS/c1-13-11-17-16(22-13)18-15(21)12-19-7-9-20(10-8-19)14-5-3-2-4-6-14/h11,14H,2-10,12H2,1H3,(H,17,18,21). The molecule has 1 amide bonds. The van der Waals surface area contributed by atoms with Crippen LogP contribution in [-0.4, -0.2) is 59.5 Å². The Morgan fingerprint density at radius 2 is 2.00 bits per heavy atom. The molecule has 0 bridgehead atoms. The van der Waals surface area contributed by atoms with Crippen LogP contribution >= 0.6 is 11.3 Å². The van der Waals surface area contributed by atoms with E-state index in [2.05, 4.69) is 20.1 Å². The molecule has 22 heavy (non-hydrogen) atoms. The van der Waals surface area contributed by atoms with Gasteiger partial charge in [0.05, 0.1) is 6.54 Å². The average Bonchev–Trinajstić information content (AvgIpc) is 2.94. The molecule has 0 radical (unpaired) electrons. The molecular weight excluding hydrogens is 296 g/mol. The van der Waals surface area contributed by atoms with Gasteiger partial charge in [0, 0.05) is 43.3 Å². The Labute approximate surface area is 136 Å². The molecule has 1 saturated heterocycles. The molecule has 1 aliphatic carbocycles. The summed E-state index contributed by atoms with van der Waals surface area (Å²) in [5.41, 5.74) is 0. The Hall–Kier alpha value is -0.980. The maximum absolute atomic E-state index is 12.1. The van der Waals surface area contributed by atoms with Gasteiger partial charge in [0.1, 0.15) is 0 Å². The highest BCUT2D eigenvalue weighted by atomic mass is 32.1. The molecule has 5 nitrogen and oxygen atoms in total. The topological polar surface area (TPSA) is 48.5 Å². The Morgan fingerprint density at radius 3 is 2.64 bits per heavy atom. The number of thiazole rings is 1. The molecule has 0 unspecified atom stereocenters. The number of rotatable bonds is 4. The van der Waals surface area contributed by atoms with Gasteiger partial charge in [-0.1, -0.05) is 19.3 Å². The molecular formula is C16H26N4OS. The second kappa shape index (κ2) is 7.53. The number of piperazine rings is 1. The summed E-state index contributed by atoms with van der Waals surface area (Å²) >= 11 is 1.53. The Balaban J connectivity index is 1.40. The number of nitrogens with zero attached hydrogens (tertiary/aromatic N) is 3. The number of aryl methyl sites for hydroxylation is 1. The van der Waals surface area contributed by atoms with E-state index in [1.54, 1.807) is 6.20 Å². The number of amides is 1. The lowest BCUT2D eigenvalue weighted by atomic mass is 9.94. The summed E-state index contributed by atoms with van der Waals surface area (Å²) in [6.45, 7) is 6.69. The van der Waals surface area contributed by atoms with Crippen molar-refractivity contribution < 1.29 is 4.79 Å². The molecule has 0 aromatic carbocycles. The van der Waals surface area contributed by atoms with E-state index in [1.165, 1.54) is 43.4 Å². The highest BCUT2D eigenvalue weighted by molar-refractivity contribution is 7.15. The van der Waals surface area contributed by atoms with Crippen LogP contribution in [0, 0.1) is 6.92 Å². The van der Waals surface area contributed by atoms with Gasteiger partial charge in [0.15, 0.2) is 5.13 Å². The molecule has 3 rings (SSSR count). The van der Waals surface area contributed by atoms with Crippen molar-refractivity contribution in [1.82, 2.24) is 14.8 Å². The normalized spacial score (nSPS) is 21.9. The summed E-state index contributed by atoms with van der Waals surface area (Å²) in [6.07, 6.45) is 8.71. The fraction of sp³-hybridized carbons (Fsp3) is 0.750. The van der Waals surface area contributed by atoms with Crippen LogP contribution < -0.4 is 5.32 Å². The first kappa shape index (κ1) is 15.9. The lowest BCUT2D eigenvalue weighted by molar-refractivity contribution is -0.117. The van der Waals surface area contributed by atoms with Gasteiger partial charge in [-0.15, -0.1) is 11.3 Å². The minimum atomic E-state index is 0.0560. The number of carbonyl (C=O) groups excluding carboxylic acids is 1. The van der Waals surface area contributed by atoms with Gasteiger partial charge in [-0.2, -0.15) is 0 Å². The van der Waals surface area contributed by atoms with Gasteiger partial charge in [-0.25, -0.2) is 4.98 Å². The van der Waals surface area contributed by atoms with Crippen molar-refractivity contribution >= 4 is 22.4 Å². The Morgan fingerprint density at radius 1 is 1.27 bits per heavy atom. The second-order valence-electron chi connectivity index (χ2n) is 6.43. The summed E-state index contributed by atoms with van der Waals surface area (Å²) in [5.74, 6) is 0.0560. The van der Waals surface area contributed by atoms with Crippen LogP contribution in [0.1, 0.15) is 37.0 Å². The minimum absolute atomic E-state index is 0.0560. The van der Waals surface area contributed by atoms with Crippen LogP contribution in [0.15, 0.2) is 6.20 Å². The predicted molar refractivity (Wildman–Crippen MR) is 90.4 cm³/mol. The highest BCUT2D eigenvalue weighted by Crippen LogP contribution is 2.23. The SMILES string of the molecule is Cc1cnc(NC(=O)CN2CCN(C3CCCCC3)CC2)s1. The molecule has 2 heterocycles. The van der Waals surface area contributed by atoms with Gasteiger partial charge >= 0.3 is 0 Å². The van der Waals surface area contributed by atoms with Crippen molar-refractivity contribution in [2.75, 3.05) is 38.0 Å².